The van der Waals surface area contributed by atoms with E-state index in [1.165, 1.54) is 17.3 Å². The van der Waals surface area contributed by atoms with Gasteiger partial charge in [0.2, 0.25) is 0 Å². The van der Waals surface area contributed by atoms with Crippen LogP contribution in [0.2, 0.25) is 0 Å². The predicted molar refractivity (Wildman–Crippen MR) is 67.7 cm³/mol. The van der Waals surface area contributed by atoms with Crippen LogP contribution in [0.3, 0.4) is 0 Å². The number of halogens is 3. The van der Waals surface area contributed by atoms with Gasteiger partial charge in [-0.1, -0.05) is 0 Å². The van der Waals surface area contributed by atoms with E-state index in [1.54, 1.807) is 6.92 Å². The van der Waals surface area contributed by atoms with Crippen LogP contribution in [0.15, 0.2) is 35.1 Å². The van der Waals surface area contributed by atoms with Crippen molar-refractivity contribution in [3.63, 3.8) is 0 Å². The number of hydrogen-bond donors (Lipinski definition) is 0. The van der Waals surface area contributed by atoms with Crippen LogP contribution >= 0.6 is 0 Å². The fourth-order valence-corrected chi connectivity index (χ4v) is 1.87. The number of nitrogens with zero attached hydrogens (tertiary/aromatic N) is 3. The van der Waals surface area contributed by atoms with E-state index in [1.807, 2.05) is 0 Å². The lowest BCUT2D eigenvalue weighted by atomic mass is 10.1. The largest absolute Gasteiger partial charge is 0.418 e. The Hall–Kier alpha value is -2.38. The monoisotopic (exact) mass is 285 g/mol. The van der Waals surface area contributed by atoms with Crippen LogP contribution in [0, 0.1) is 10.1 Å². The molecule has 5 nitrogen and oxygen atoms in total. The maximum atomic E-state index is 13.0. The topological polar surface area (TPSA) is 58.7 Å². The SMILES string of the molecule is CC1=CN(c2ccc([N+](=O)[O-])cc2C(F)(F)F)CC=N1. The summed E-state index contributed by atoms with van der Waals surface area (Å²) in [5.74, 6) is 0. The molecule has 1 aliphatic rings. The zero-order chi connectivity index (χ0) is 14.9. The molecule has 0 saturated heterocycles. The lowest BCUT2D eigenvalue weighted by Crippen LogP contribution is -2.24. The Morgan fingerprint density at radius 2 is 2.10 bits per heavy atom. The zero-order valence-electron chi connectivity index (χ0n) is 10.4. The molecule has 0 aliphatic carbocycles. The summed E-state index contributed by atoms with van der Waals surface area (Å²) in [5.41, 5.74) is -1.20. The fourth-order valence-electron chi connectivity index (χ4n) is 1.87. The molecular formula is C12H10F3N3O2. The number of hydrogen-bond acceptors (Lipinski definition) is 4. The first-order valence-electron chi connectivity index (χ1n) is 5.62. The fraction of sp³-hybridized carbons (Fsp3) is 0.250. The molecule has 0 aromatic heterocycles. The summed E-state index contributed by atoms with van der Waals surface area (Å²) in [6, 6.07) is 2.70. The van der Waals surface area contributed by atoms with E-state index in [0.717, 1.165) is 12.1 Å². The maximum absolute atomic E-state index is 13.0. The third kappa shape index (κ3) is 2.79. The molecule has 0 radical (unpaired) electrons. The van der Waals surface area contributed by atoms with Crippen molar-refractivity contribution < 1.29 is 18.1 Å². The molecule has 0 saturated carbocycles. The molecule has 1 aliphatic heterocycles. The summed E-state index contributed by atoms with van der Waals surface area (Å²) in [6.45, 7) is 1.83. The standard InChI is InChI=1S/C12H10F3N3O2/c1-8-7-17(5-4-16-8)11-3-2-9(18(19)20)6-10(11)12(13,14)15/h2-4,6-7H,5H2,1H3. The number of nitro benzene ring substituents is 1. The molecule has 1 heterocycles. The van der Waals surface area contributed by atoms with E-state index >= 15 is 0 Å². The van der Waals surface area contributed by atoms with Crippen LogP contribution in [0.5, 0.6) is 0 Å². The molecule has 2 rings (SSSR count). The van der Waals surface area contributed by atoms with Crippen molar-refractivity contribution in [2.24, 2.45) is 4.99 Å². The van der Waals surface area contributed by atoms with Gasteiger partial charge in [-0.15, -0.1) is 0 Å². The Balaban J connectivity index is 2.53. The summed E-state index contributed by atoms with van der Waals surface area (Å²) in [7, 11) is 0. The number of aliphatic imine (C=N–C) groups is 1. The molecule has 0 spiro atoms. The van der Waals surface area contributed by atoms with Crippen molar-refractivity contribution in [2.45, 2.75) is 13.1 Å². The molecule has 0 fully saturated rings. The summed E-state index contributed by atoms with van der Waals surface area (Å²) in [5, 5.41) is 10.6. The summed E-state index contributed by atoms with van der Waals surface area (Å²) in [6.07, 6.45) is -1.72. The smallest absolute Gasteiger partial charge is 0.340 e. The molecular weight excluding hydrogens is 275 g/mol. The zero-order valence-corrected chi connectivity index (χ0v) is 10.4. The van der Waals surface area contributed by atoms with Crippen molar-refractivity contribution in [3.8, 4) is 0 Å². The van der Waals surface area contributed by atoms with Gasteiger partial charge in [0.05, 0.1) is 28.4 Å². The van der Waals surface area contributed by atoms with Gasteiger partial charge < -0.3 is 4.90 Å². The van der Waals surface area contributed by atoms with Gasteiger partial charge >= 0.3 is 6.18 Å². The number of anilines is 1. The molecule has 0 amide bonds. The first kappa shape index (κ1) is 14.0. The third-order valence-corrected chi connectivity index (χ3v) is 2.72. The highest BCUT2D eigenvalue weighted by molar-refractivity contribution is 5.73. The lowest BCUT2D eigenvalue weighted by Gasteiger charge is -2.25. The third-order valence-electron chi connectivity index (χ3n) is 2.72. The van der Waals surface area contributed by atoms with Crippen LogP contribution in [-0.4, -0.2) is 17.7 Å². The van der Waals surface area contributed by atoms with Crippen LogP contribution < -0.4 is 4.90 Å². The Bertz CT molecular complexity index is 608. The average molecular weight is 285 g/mol. The van der Waals surface area contributed by atoms with Gasteiger partial charge in [0.1, 0.15) is 0 Å². The lowest BCUT2D eigenvalue weighted by molar-refractivity contribution is -0.385. The average Bonchev–Trinajstić information content (AvgIpc) is 2.37. The predicted octanol–water partition coefficient (Wildman–Crippen LogP) is 3.37. The normalized spacial score (nSPS) is 15.2. The number of nitro groups is 1. The van der Waals surface area contributed by atoms with Crippen LogP contribution in [0.4, 0.5) is 24.5 Å². The van der Waals surface area contributed by atoms with Crippen molar-refractivity contribution in [1.82, 2.24) is 0 Å². The van der Waals surface area contributed by atoms with E-state index in [4.69, 9.17) is 0 Å². The minimum Gasteiger partial charge on any atom is -0.340 e. The van der Waals surface area contributed by atoms with E-state index in [9.17, 15) is 23.3 Å². The van der Waals surface area contributed by atoms with Crippen molar-refractivity contribution >= 4 is 17.6 Å². The van der Waals surface area contributed by atoms with Gasteiger partial charge in [-0.2, -0.15) is 13.2 Å². The van der Waals surface area contributed by atoms with Gasteiger partial charge in [0.25, 0.3) is 5.69 Å². The second kappa shape index (κ2) is 4.95. The van der Waals surface area contributed by atoms with Crippen molar-refractivity contribution in [3.05, 3.63) is 45.8 Å². The van der Waals surface area contributed by atoms with Crippen LogP contribution in [0.25, 0.3) is 0 Å². The maximum Gasteiger partial charge on any atom is 0.418 e. The van der Waals surface area contributed by atoms with Crippen LogP contribution in [-0.2, 0) is 6.18 Å². The second-order valence-electron chi connectivity index (χ2n) is 4.19. The van der Waals surface area contributed by atoms with E-state index in [2.05, 4.69) is 4.99 Å². The first-order valence-corrected chi connectivity index (χ1v) is 5.62. The number of rotatable bonds is 2. The quantitative estimate of drug-likeness (QED) is 0.618. The van der Waals surface area contributed by atoms with Crippen LogP contribution in [0.1, 0.15) is 12.5 Å². The highest BCUT2D eigenvalue weighted by Crippen LogP contribution is 2.39. The Morgan fingerprint density at radius 1 is 1.40 bits per heavy atom. The second-order valence-corrected chi connectivity index (χ2v) is 4.19. The highest BCUT2D eigenvalue weighted by atomic mass is 19.4. The summed E-state index contributed by atoms with van der Waals surface area (Å²) >= 11 is 0. The molecule has 106 valence electrons. The van der Waals surface area contributed by atoms with Gasteiger partial charge in [-0.3, -0.25) is 15.1 Å². The molecule has 8 heteroatoms. The van der Waals surface area contributed by atoms with Gasteiger partial charge in [-0.05, 0) is 13.0 Å². The molecule has 0 N–H and O–H groups in total. The summed E-state index contributed by atoms with van der Waals surface area (Å²) < 4.78 is 39.1. The Morgan fingerprint density at radius 3 is 2.65 bits per heavy atom. The summed E-state index contributed by atoms with van der Waals surface area (Å²) in [4.78, 5) is 15.1. The highest BCUT2D eigenvalue weighted by Gasteiger charge is 2.36. The van der Waals surface area contributed by atoms with E-state index in [0.29, 0.717) is 11.8 Å². The van der Waals surface area contributed by atoms with E-state index < -0.39 is 22.4 Å². The van der Waals surface area contributed by atoms with E-state index in [-0.39, 0.29) is 12.2 Å². The minimum absolute atomic E-state index is 0.131. The molecule has 20 heavy (non-hydrogen) atoms. The number of allylic oxidation sites excluding steroid dienone is 1. The number of alkyl halides is 3. The number of benzene rings is 1. The molecule has 1 aromatic rings. The van der Waals surface area contributed by atoms with Gasteiger partial charge in [-0.25, -0.2) is 0 Å². The molecule has 0 unspecified atom stereocenters. The van der Waals surface area contributed by atoms with Crippen molar-refractivity contribution in [1.29, 1.82) is 0 Å². The Labute approximate surface area is 112 Å². The molecule has 1 aromatic carbocycles. The number of non-ortho nitro benzene ring substituents is 1. The van der Waals surface area contributed by atoms with Gasteiger partial charge in [0, 0.05) is 24.5 Å². The Kier molecular flexibility index (Phi) is 3.47. The first-order chi connectivity index (χ1) is 9.29. The minimum atomic E-state index is -4.67. The van der Waals surface area contributed by atoms with Crippen molar-refractivity contribution in [2.75, 3.05) is 11.4 Å². The molecule has 0 bridgehead atoms. The van der Waals surface area contributed by atoms with Gasteiger partial charge in [0.15, 0.2) is 0 Å². The molecule has 0 atom stereocenters.